The van der Waals surface area contributed by atoms with Crippen molar-refractivity contribution in [3.05, 3.63) is 71.3 Å². The fourth-order valence-electron chi connectivity index (χ4n) is 3.94. The molecule has 0 saturated carbocycles. The third-order valence-corrected chi connectivity index (χ3v) is 5.14. The first kappa shape index (κ1) is 16.1. The number of alkyl halides is 3. The molecule has 3 atom stereocenters. The molecule has 0 unspecified atom stereocenters. The van der Waals surface area contributed by atoms with E-state index in [-0.39, 0.29) is 17.9 Å². The normalized spacial score (nSPS) is 24.4. The van der Waals surface area contributed by atoms with Crippen molar-refractivity contribution in [2.45, 2.75) is 24.6 Å². The Morgan fingerprint density at radius 2 is 1.96 bits per heavy atom. The molecule has 2 aliphatic rings. The van der Waals surface area contributed by atoms with Gasteiger partial charge in [-0.15, -0.1) is 0 Å². The van der Waals surface area contributed by atoms with E-state index in [2.05, 4.69) is 11.4 Å². The molecule has 2 nitrogen and oxygen atoms in total. The van der Waals surface area contributed by atoms with Gasteiger partial charge in [0.15, 0.2) is 0 Å². The van der Waals surface area contributed by atoms with Gasteiger partial charge < -0.3 is 10.1 Å². The minimum atomic E-state index is -4.32. The number of ether oxygens (including phenoxy) is 1. The molecule has 0 radical (unpaired) electrons. The van der Waals surface area contributed by atoms with Gasteiger partial charge in [-0.05, 0) is 53.8 Å². The summed E-state index contributed by atoms with van der Waals surface area (Å²) >= 11 is 0. The number of hydrogen-bond acceptors (Lipinski definition) is 2. The SMILES string of the molecule is COc1cccc([C@@H]2Nc3ccc(C(F)(F)F)cc3[C@H]3C=CC[C@@H]32)c1. The lowest BCUT2D eigenvalue weighted by atomic mass is 9.76. The predicted octanol–water partition coefficient (Wildman–Crippen LogP) is 5.54. The van der Waals surface area contributed by atoms with E-state index in [0.717, 1.165) is 35.1 Å². The van der Waals surface area contributed by atoms with Crippen LogP contribution in [0.2, 0.25) is 0 Å². The van der Waals surface area contributed by atoms with E-state index >= 15 is 0 Å². The number of allylic oxidation sites excluding steroid dienone is 2. The highest BCUT2D eigenvalue weighted by atomic mass is 19.4. The monoisotopic (exact) mass is 345 g/mol. The van der Waals surface area contributed by atoms with Gasteiger partial charge in [-0.2, -0.15) is 13.2 Å². The molecule has 0 amide bonds. The second-order valence-corrected chi connectivity index (χ2v) is 6.55. The minimum Gasteiger partial charge on any atom is -0.497 e. The Balaban J connectivity index is 1.76. The zero-order chi connectivity index (χ0) is 17.6. The molecule has 25 heavy (non-hydrogen) atoms. The van der Waals surface area contributed by atoms with Gasteiger partial charge in [0.1, 0.15) is 5.75 Å². The first-order valence-electron chi connectivity index (χ1n) is 8.25. The summed E-state index contributed by atoms with van der Waals surface area (Å²) in [6.07, 6.45) is 0.628. The van der Waals surface area contributed by atoms with E-state index in [1.165, 1.54) is 6.07 Å². The standard InChI is InChI=1S/C20H18F3NO/c1-25-14-5-2-4-12(10-14)19-16-7-3-6-15(16)17-11-13(20(21,22)23)8-9-18(17)24-19/h2-6,8-11,15-16,19,24H,7H2,1H3/t15-,16-,19-/m0/s1. The lowest BCUT2D eigenvalue weighted by Gasteiger charge is -2.38. The number of methoxy groups -OCH3 is 1. The Bertz CT molecular complexity index is 828. The van der Waals surface area contributed by atoms with Crippen molar-refractivity contribution in [3.8, 4) is 5.75 Å². The van der Waals surface area contributed by atoms with E-state index in [9.17, 15) is 13.2 Å². The molecule has 2 aromatic carbocycles. The number of anilines is 1. The smallest absolute Gasteiger partial charge is 0.416 e. The molecular weight excluding hydrogens is 327 g/mol. The van der Waals surface area contributed by atoms with Crippen LogP contribution in [0, 0.1) is 5.92 Å². The van der Waals surface area contributed by atoms with E-state index in [0.29, 0.717) is 0 Å². The summed E-state index contributed by atoms with van der Waals surface area (Å²) in [5, 5.41) is 3.45. The van der Waals surface area contributed by atoms with Crippen molar-refractivity contribution in [2.24, 2.45) is 5.92 Å². The Morgan fingerprint density at radius 3 is 2.72 bits per heavy atom. The molecular formula is C20H18F3NO. The Hall–Kier alpha value is -2.43. The van der Waals surface area contributed by atoms with Crippen LogP contribution in [0.5, 0.6) is 5.75 Å². The number of hydrogen-bond donors (Lipinski definition) is 1. The third kappa shape index (κ3) is 2.77. The van der Waals surface area contributed by atoms with Gasteiger partial charge in [-0.1, -0.05) is 24.3 Å². The van der Waals surface area contributed by atoms with Crippen LogP contribution in [0.3, 0.4) is 0 Å². The van der Waals surface area contributed by atoms with Crippen molar-refractivity contribution >= 4 is 5.69 Å². The highest BCUT2D eigenvalue weighted by molar-refractivity contribution is 5.61. The van der Waals surface area contributed by atoms with Crippen LogP contribution in [-0.2, 0) is 6.18 Å². The maximum Gasteiger partial charge on any atom is 0.416 e. The largest absolute Gasteiger partial charge is 0.497 e. The van der Waals surface area contributed by atoms with E-state index in [1.807, 2.05) is 30.3 Å². The van der Waals surface area contributed by atoms with Crippen LogP contribution in [0.4, 0.5) is 18.9 Å². The summed E-state index contributed by atoms with van der Waals surface area (Å²) in [5.74, 6) is 0.970. The van der Waals surface area contributed by atoms with Crippen molar-refractivity contribution < 1.29 is 17.9 Å². The zero-order valence-electron chi connectivity index (χ0n) is 13.7. The third-order valence-electron chi connectivity index (χ3n) is 5.14. The highest BCUT2D eigenvalue weighted by Crippen LogP contribution is 2.50. The van der Waals surface area contributed by atoms with Gasteiger partial charge >= 0.3 is 6.18 Å². The van der Waals surface area contributed by atoms with Crippen LogP contribution in [0.25, 0.3) is 0 Å². The quantitative estimate of drug-likeness (QED) is 0.722. The van der Waals surface area contributed by atoms with Gasteiger partial charge in [0.2, 0.25) is 0 Å². The number of fused-ring (bicyclic) bond motifs is 3. The highest BCUT2D eigenvalue weighted by Gasteiger charge is 2.40. The number of halogens is 3. The van der Waals surface area contributed by atoms with Crippen LogP contribution in [0.15, 0.2) is 54.6 Å². The molecule has 0 fully saturated rings. The molecule has 2 aromatic rings. The Kier molecular flexibility index (Phi) is 3.74. The fraction of sp³-hybridized carbons (Fsp3) is 0.300. The summed E-state index contributed by atoms with van der Waals surface area (Å²) in [4.78, 5) is 0. The molecule has 4 rings (SSSR count). The van der Waals surface area contributed by atoms with Crippen molar-refractivity contribution in [1.82, 2.24) is 0 Å². The molecule has 1 N–H and O–H groups in total. The van der Waals surface area contributed by atoms with Crippen LogP contribution in [-0.4, -0.2) is 7.11 Å². The van der Waals surface area contributed by atoms with Gasteiger partial charge in [0.25, 0.3) is 0 Å². The van der Waals surface area contributed by atoms with E-state index < -0.39 is 11.7 Å². The summed E-state index contributed by atoms with van der Waals surface area (Å²) < 4.78 is 44.5. The maximum atomic E-state index is 13.1. The second kappa shape index (κ2) is 5.83. The topological polar surface area (TPSA) is 21.3 Å². The number of rotatable bonds is 2. The lowest BCUT2D eigenvalue weighted by molar-refractivity contribution is -0.137. The molecule has 130 valence electrons. The van der Waals surface area contributed by atoms with Crippen LogP contribution in [0.1, 0.15) is 35.1 Å². The van der Waals surface area contributed by atoms with Gasteiger partial charge in [-0.25, -0.2) is 0 Å². The molecule has 0 saturated heterocycles. The second-order valence-electron chi connectivity index (χ2n) is 6.55. The van der Waals surface area contributed by atoms with Crippen molar-refractivity contribution in [3.63, 3.8) is 0 Å². The van der Waals surface area contributed by atoms with Crippen LogP contribution >= 0.6 is 0 Å². The molecule has 0 aromatic heterocycles. The molecule has 1 heterocycles. The minimum absolute atomic E-state index is 0.00486. The van der Waals surface area contributed by atoms with Gasteiger partial charge in [0.05, 0.1) is 18.7 Å². The van der Waals surface area contributed by atoms with Gasteiger partial charge in [-0.3, -0.25) is 0 Å². The van der Waals surface area contributed by atoms with Crippen molar-refractivity contribution in [2.75, 3.05) is 12.4 Å². The number of nitrogens with one attached hydrogen (secondary N) is 1. The number of benzene rings is 2. The lowest BCUT2D eigenvalue weighted by Crippen LogP contribution is -2.29. The summed E-state index contributed by atoms with van der Waals surface area (Å²) in [6.45, 7) is 0. The van der Waals surface area contributed by atoms with Crippen LogP contribution < -0.4 is 10.1 Å². The maximum absolute atomic E-state index is 13.1. The van der Waals surface area contributed by atoms with Crippen molar-refractivity contribution in [1.29, 1.82) is 0 Å². The zero-order valence-corrected chi connectivity index (χ0v) is 13.7. The molecule has 5 heteroatoms. The molecule has 1 aliphatic heterocycles. The fourth-order valence-corrected chi connectivity index (χ4v) is 3.94. The van der Waals surface area contributed by atoms with Gasteiger partial charge in [0, 0.05) is 11.6 Å². The molecule has 0 bridgehead atoms. The predicted molar refractivity (Wildman–Crippen MR) is 90.8 cm³/mol. The first-order chi connectivity index (χ1) is 12.0. The Labute approximate surface area is 144 Å². The summed E-state index contributed by atoms with van der Waals surface area (Å²) in [7, 11) is 1.63. The first-order valence-corrected chi connectivity index (χ1v) is 8.25. The van der Waals surface area contributed by atoms with E-state index in [4.69, 9.17) is 4.74 Å². The summed E-state index contributed by atoms with van der Waals surface area (Å²) in [6, 6.07) is 11.9. The molecule has 0 spiro atoms. The molecule has 1 aliphatic carbocycles. The van der Waals surface area contributed by atoms with E-state index in [1.54, 1.807) is 13.2 Å². The Morgan fingerprint density at radius 1 is 1.12 bits per heavy atom. The average molecular weight is 345 g/mol. The average Bonchev–Trinajstić information content (AvgIpc) is 3.10. The summed E-state index contributed by atoms with van der Waals surface area (Å²) in [5.41, 5.74) is 2.00.